The Morgan fingerprint density at radius 1 is 1.20 bits per heavy atom. The molecule has 2 N–H and O–H groups in total. The van der Waals surface area contributed by atoms with E-state index in [0.29, 0.717) is 12.1 Å². The Balaban J connectivity index is 2.30. The van der Waals surface area contributed by atoms with Gasteiger partial charge in [-0.25, -0.2) is 0 Å². The van der Waals surface area contributed by atoms with Crippen molar-refractivity contribution in [2.75, 3.05) is 6.61 Å². The van der Waals surface area contributed by atoms with Crippen molar-refractivity contribution in [3.63, 3.8) is 0 Å². The first-order valence-electron chi connectivity index (χ1n) is 6.67. The molecule has 15 heavy (non-hydrogen) atoms. The molecule has 2 heteroatoms. The summed E-state index contributed by atoms with van der Waals surface area (Å²) in [6.07, 6.45) is 9.11. The summed E-state index contributed by atoms with van der Waals surface area (Å²) >= 11 is 0. The van der Waals surface area contributed by atoms with Gasteiger partial charge in [-0.1, -0.05) is 33.1 Å². The maximum absolute atomic E-state index is 9.16. The Kier molecular flexibility index (Phi) is 6.26. The third-order valence-electron chi connectivity index (χ3n) is 3.85. The number of aliphatic hydroxyl groups excluding tert-OH is 1. The largest absolute Gasteiger partial charge is 0.395 e. The van der Waals surface area contributed by atoms with E-state index in [1.807, 2.05) is 0 Å². The standard InChI is InChI=1S/C13H27NO/c1-3-11-6-5-7-13(9-8-11)14-12(4-2)10-15/h11-15H,3-10H2,1-2H3. The number of aliphatic hydroxyl groups is 1. The van der Waals surface area contributed by atoms with Crippen LogP contribution in [0.2, 0.25) is 0 Å². The minimum Gasteiger partial charge on any atom is -0.395 e. The van der Waals surface area contributed by atoms with E-state index < -0.39 is 0 Å². The molecule has 90 valence electrons. The zero-order valence-electron chi connectivity index (χ0n) is 10.3. The number of rotatable bonds is 5. The second kappa shape index (κ2) is 7.24. The van der Waals surface area contributed by atoms with Gasteiger partial charge in [-0.15, -0.1) is 0 Å². The summed E-state index contributed by atoms with van der Waals surface area (Å²) < 4.78 is 0. The van der Waals surface area contributed by atoms with Crippen LogP contribution in [-0.4, -0.2) is 23.8 Å². The third kappa shape index (κ3) is 4.52. The highest BCUT2D eigenvalue weighted by atomic mass is 16.3. The van der Waals surface area contributed by atoms with Gasteiger partial charge in [0.15, 0.2) is 0 Å². The van der Waals surface area contributed by atoms with Gasteiger partial charge in [-0.05, 0) is 31.6 Å². The molecule has 0 aromatic heterocycles. The molecule has 0 saturated heterocycles. The monoisotopic (exact) mass is 213 g/mol. The molecule has 0 radical (unpaired) electrons. The molecule has 3 atom stereocenters. The molecule has 1 rings (SSSR count). The normalized spacial score (nSPS) is 29.8. The van der Waals surface area contributed by atoms with Gasteiger partial charge in [0, 0.05) is 12.1 Å². The van der Waals surface area contributed by atoms with E-state index >= 15 is 0 Å². The predicted octanol–water partition coefficient (Wildman–Crippen LogP) is 2.71. The molecular formula is C13H27NO. The number of hydrogen-bond acceptors (Lipinski definition) is 2. The SMILES string of the molecule is CCC1CCCC(NC(CC)CO)CC1. The van der Waals surface area contributed by atoms with Crippen molar-refractivity contribution < 1.29 is 5.11 Å². The lowest BCUT2D eigenvalue weighted by molar-refractivity contribution is 0.222. The highest BCUT2D eigenvalue weighted by Crippen LogP contribution is 2.25. The number of hydrogen-bond donors (Lipinski definition) is 2. The van der Waals surface area contributed by atoms with Crippen LogP contribution in [0.1, 0.15) is 58.8 Å². The Labute approximate surface area is 94.5 Å². The molecule has 0 aromatic rings. The Bertz CT molecular complexity index is 157. The molecule has 0 amide bonds. The van der Waals surface area contributed by atoms with Crippen molar-refractivity contribution in [1.29, 1.82) is 0 Å². The summed E-state index contributed by atoms with van der Waals surface area (Å²) in [5, 5.41) is 12.8. The number of nitrogens with one attached hydrogen (secondary N) is 1. The van der Waals surface area contributed by atoms with Gasteiger partial charge >= 0.3 is 0 Å². The summed E-state index contributed by atoms with van der Waals surface area (Å²) in [6.45, 7) is 4.73. The van der Waals surface area contributed by atoms with Crippen molar-refractivity contribution in [3.8, 4) is 0 Å². The van der Waals surface area contributed by atoms with Gasteiger partial charge in [-0.2, -0.15) is 0 Å². The van der Waals surface area contributed by atoms with Crippen LogP contribution in [0.25, 0.3) is 0 Å². The zero-order chi connectivity index (χ0) is 11.1. The average Bonchev–Trinajstić information content (AvgIpc) is 2.50. The lowest BCUT2D eigenvalue weighted by Gasteiger charge is -2.22. The maximum Gasteiger partial charge on any atom is 0.0584 e. The van der Waals surface area contributed by atoms with E-state index in [2.05, 4.69) is 19.2 Å². The molecular weight excluding hydrogens is 186 g/mol. The van der Waals surface area contributed by atoms with Crippen molar-refractivity contribution in [1.82, 2.24) is 5.32 Å². The highest BCUT2D eigenvalue weighted by Gasteiger charge is 2.19. The van der Waals surface area contributed by atoms with Crippen LogP contribution in [0.15, 0.2) is 0 Å². The van der Waals surface area contributed by atoms with Crippen LogP contribution < -0.4 is 5.32 Å². The highest BCUT2D eigenvalue weighted by molar-refractivity contribution is 4.77. The van der Waals surface area contributed by atoms with Crippen molar-refractivity contribution in [3.05, 3.63) is 0 Å². The zero-order valence-corrected chi connectivity index (χ0v) is 10.3. The lowest BCUT2D eigenvalue weighted by Crippen LogP contribution is -2.39. The van der Waals surface area contributed by atoms with Gasteiger partial charge in [0.05, 0.1) is 6.61 Å². The second-order valence-corrected chi connectivity index (χ2v) is 4.93. The van der Waals surface area contributed by atoms with E-state index in [9.17, 15) is 0 Å². The summed E-state index contributed by atoms with van der Waals surface area (Å²) in [7, 11) is 0. The van der Waals surface area contributed by atoms with Crippen LogP contribution in [0, 0.1) is 5.92 Å². The van der Waals surface area contributed by atoms with Gasteiger partial charge in [0.25, 0.3) is 0 Å². The molecule has 0 spiro atoms. The fourth-order valence-electron chi connectivity index (χ4n) is 2.59. The molecule has 3 unspecified atom stereocenters. The Morgan fingerprint density at radius 3 is 2.60 bits per heavy atom. The molecule has 0 aliphatic heterocycles. The van der Waals surface area contributed by atoms with E-state index in [4.69, 9.17) is 5.11 Å². The Morgan fingerprint density at radius 2 is 2.00 bits per heavy atom. The maximum atomic E-state index is 9.16. The lowest BCUT2D eigenvalue weighted by atomic mass is 9.97. The first-order chi connectivity index (χ1) is 7.30. The summed E-state index contributed by atoms with van der Waals surface area (Å²) in [6, 6.07) is 0.965. The summed E-state index contributed by atoms with van der Waals surface area (Å²) in [5.41, 5.74) is 0. The third-order valence-corrected chi connectivity index (χ3v) is 3.85. The molecule has 1 saturated carbocycles. The molecule has 1 fully saturated rings. The second-order valence-electron chi connectivity index (χ2n) is 4.93. The molecule has 0 aromatic carbocycles. The van der Waals surface area contributed by atoms with Crippen LogP contribution in [0.5, 0.6) is 0 Å². The van der Waals surface area contributed by atoms with Crippen LogP contribution in [0.4, 0.5) is 0 Å². The van der Waals surface area contributed by atoms with E-state index in [1.165, 1.54) is 38.5 Å². The van der Waals surface area contributed by atoms with Gasteiger partial charge in [0.2, 0.25) is 0 Å². The molecule has 0 bridgehead atoms. The van der Waals surface area contributed by atoms with Gasteiger partial charge in [-0.3, -0.25) is 0 Å². The summed E-state index contributed by atoms with van der Waals surface area (Å²) in [4.78, 5) is 0. The first-order valence-corrected chi connectivity index (χ1v) is 6.67. The smallest absolute Gasteiger partial charge is 0.0584 e. The average molecular weight is 213 g/mol. The predicted molar refractivity (Wildman–Crippen MR) is 65.0 cm³/mol. The molecule has 0 heterocycles. The minimum atomic E-state index is 0.282. The van der Waals surface area contributed by atoms with Crippen molar-refractivity contribution in [2.24, 2.45) is 5.92 Å². The van der Waals surface area contributed by atoms with Crippen LogP contribution >= 0.6 is 0 Å². The molecule has 1 aliphatic rings. The topological polar surface area (TPSA) is 32.3 Å². The quantitative estimate of drug-likeness (QED) is 0.688. The van der Waals surface area contributed by atoms with Crippen molar-refractivity contribution in [2.45, 2.75) is 70.9 Å². The van der Waals surface area contributed by atoms with E-state index in [-0.39, 0.29) is 6.61 Å². The molecule has 2 nitrogen and oxygen atoms in total. The molecule has 1 aliphatic carbocycles. The van der Waals surface area contributed by atoms with E-state index in [0.717, 1.165) is 12.3 Å². The van der Waals surface area contributed by atoms with Crippen LogP contribution in [-0.2, 0) is 0 Å². The van der Waals surface area contributed by atoms with E-state index in [1.54, 1.807) is 0 Å². The fraction of sp³-hybridized carbons (Fsp3) is 1.00. The van der Waals surface area contributed by atoms with Crippen LogP contribution in [0.3, 0.4) is 0 Å². The van der Waals surface area contributed by atoms with Crippen molar-refractivity contribution >= 4 is 0 Å². The van der Waals surface area contributed by atoms with Gasteiger partial charge in [0.1, 0.15) is 0 Å². The Hall–Kier alpha value is -0.0800. The van der Waals surface area contributed by atoms with Gasteiger partial charge < -0.3 is 10.4 Å². The first kappa shape index (κ1) is 13.0. The minimum absolute atomic E-state index is 0.282. The fourth-order valence-corrected chi connectivity index (χ4v) is 2.59. The summed E-state index contributed by atoms with van der Waals surface area (Å²) in [5.74, 6) is 0.950.